The monoisotopic (exact) mass is 599 g/mol. The molecule has 4 aromatic rings. The molecule has 4 heterocycles. The number of alkyl halides is 3. The molecule has 1 N–H and O–H groups in total. The van der Waals surface area contributed by atoms with Gasteiger partial charge in [0.1, 0.15) is 17.2 Å². The minimum absolute atomic E-state index is 0.00592. The van der Waals surface area contributed by atoms with Crippen LogP contribution in [-0.2, 0) is 16.9 Å². The summed E-state index contributed by atoms with van der Waals surface area (Å²) in [4.78, 5) is 7.38. The van der Waals surface area contributed by atoms with E-state index in [1.807, 2.05) is 18.2 Å². The minimum atomic E-state index is -4.82. The smallest absolute Gasteiger partial charge is 0.405 e. The summed E-state index contributed by atoms with van der Waals surface area (Å²) >= 11 is 1.66. The van der Waals surface area contributed by atoms with Crippen LogP contribution in [0.25, 0.3) is 21.5 Å². The van der Waals surface area contributed by atoms with Gasteiger partial charge < -0.3 is 24.0 Å². The lowest BCUT2D eigenvalue weighted by molar-refractivity contribution is -0.274. The number of hydrogen-bond donors (Lipinski definition) is 1. The number of aliphatic hydroxyl groups is 1. The van der Waals surface area contributed by atoms with Crippen molar-refractivity contribution in [3.63, 3.8) is 0 Å². The summed E-state index contributed by atoms with van der Waals surface area (Å²) in [5.74, 6) is 0.611. The molecule has 2 aromatic carbocycles. The largest absolute Gasteiger partial charge is 0.573 e. The molecule has 2 saturated heterocycles. The van der Waals surface area contributed by atoms with E-state index in [1.54, 1.807) is 37.3 Å². The first-order chi connectivity index (χ1) is 20.0. The van der Waals surface area contributed by atoms with Crippen molar-refractivity contribution >= 4 is 26.7 Å². The molecule has 0 amide bonds. The molecule has 2 aliphatic heterocycles. The van der Waals surface area contributed by atoms with E-state index in [-0.39, 0.29) is 29.9 Å². The molecule has 0 spiro atoms. The van der Waals surface area contributed by atoms with Gasteiger partial charge in [0.15, 0.2) is 5.13 Å². The standard InChI is InChI=1S/C31H32F3N3O4S/c1-30(2,38)18-9-12-24-26(13-18)42-29(35-24)37-19-10-11-20(37)15-21(14-19)39-16-23-27(36-41-28(23)17-7-8-17)22-5-3-4-6-25(22)40-31(32,33)34/h3-6,9,12-13,17,19-21,38H,7-8,10-11,14-16H2,1-2H3/t19-,20-/m0/s1. The van der Waals surface area contributed by atoms with E-state index in [9.17, 15) is 18.3 Å². The topological polar surface area (TPSA) is 80.9 Å². The van der Waals surface area contributed by atoms with Crippen LogP contribution in [0.4, 0.5) is 18.3 Å². The Hall–Kier alpha value is -3.15. The third kappa shape index (κ3) is 5.38. The first-order valence-corrected chi connectivity index (χ1v) is 15.2. The number of hydrogen-bond acceptors (Lipinski definition) is 8. The van der Waals surface area contributed by atoms with Crippen LogP contribution in [0.2, 0.25) is 0 Å². The second kappa shape index (κ2) is 10.2. The number of anilines is 1. The van der Waals surface area contributed by atoms with Crippen molar-refractivity contribution in [3.05, 3.63) is 59.4 Å². The van der Waals surface area contributed by atoms with Gasteiger partial charge >= 0.3 is 6.36 Å². The lowest BCUT2D eigenvalue weighted by Crippen LogP contribution is -2.45. The Labute approximate surface area is 245 Å². The second-order valence-corrected chi connectivity index (χ2v) is 13.1. The molecule has 1 saturated carbocycles. The number of ether oxygens (including phenoxy) is 2. The van der Waals surface area contributed by atoms with E-state index >= 15 is 0 Å². The highest BCUT2D eigenvalue weighted by atomic mass is 32.1. The Balaban J connectivity index is 1.09. The van der Waals surface area contributed by atoms with Crippen LogP contribution in [0.15, 0.2) is 47.0 Å². The predicted molar refractivity (Wildman–Crippen MR) is 153 cm³/mol. The van der Waals surface area contributed by atoms with Crippen molar-refractivity contribution in [2.24, 2.45) is 0 Å². The van der Waals surface area contributed by atoms with Crippen LogP contribution in [0.3, 0.4) is 0 Å². The Morgan fingerprint density at radius 3 is 2.48 bits per heavy atom. The number of halogens is 3. The molecule has 2 bridgehead atoms. The molecule has 0 unspecified atom stereocenters. The molecule has 1 aliphatic carbocycles. The lowest BCUT2D eigenvalue weighted by atomic mass is 9.98. The highest BCUT2D eigenvalue weighted by Crippen LogP contribution is 2.47. The average molecular weight is 600 g/mol. The summed E-state index contributed by atoms with van der Waals surface area (Å²) in [6, 6.07) is 12.6. The van der Waals surface area contributed by atoms with E-state index in [0.717, 1.165) is 59.4 Å². The van der Waals surface area contributed by atoms with E-state index in [4.69, 9.17) is 14.2 Å². The van der Waals surface area contributed by atoms with Gasteiger partial charge in [-0.1, -0.05) is 34.7 Å². The maximum atomic E-state index is 13.1. The Bertz CT molecular complexity index is 1590. The van der Waals surface area contributed by atoms with E-state index in [1.165, 1.54) is 12.1 Å². The van der Waals surface area contributed by atoms with Gasteiger partial charge in [-0.25, -0.2) is 4.98 Å². The Morgan fingerprint density at radius 2 is 1.79 bits per heavy atom. The number of thiazole rings is 1. The van der Waals surface area contributed by atoms with Crippen LogP contribution in [-0.4, -0.2) is 39.8 Å². The molecule has 3 fully saturated rings. The average Bonchev–Trinajstić information content (AvgIpc) is 3.44. The van der Waals surface area contributed by atoms with Crippen molar-refractivity contribution in [2.75, 3.05) is 4.90 Å². The van der Waals surface area contributed by atoms with E-state index in [2.05, 4.69) is 14.8 Å². The van der Waals surface area contributed by atoms with Gasteiger partial charge in [-0.05, 0) is 82.2 Å². The van der Waals surface area contributed by atoms with Crippen LogP contribution in [0, 0.1) is 0 Å². The van der Waals surface area contributed by atoms with E-state index < -0.39 is 12.0 Å². The normalized spacial score (nSPS) is 22.7. The fourth-order valence-electron chi connectivity index (χ4n) is 6.40. The summed E-state index contributed by atoms with van der Waals surface area (Å²) in [7, 11) is 0. The van der Waals surface area contributed by atoms with Gasteiger partial charge in [-0.15, -0.1) is 13.2 Å². The third-order valence-corrected chi connectivity index (χ3v) is 9.62. The molecular weight excluding hydrogens is 567 g/mol. The van der Waals surface area contributed by atoms with E-state index in [0.29, 0.717) is 29.1 Å². The number of para-hydroxylation sites is 1. The van der Waals surface area contributed by atoms with Crippen LogP contribution >= 0.6 is 11.3 Å². The molecule has 42 heavy (non-hydrogen) atoms. The predicted octanol–water partition coefficient (Wildman–Crippen LogP) is 7.67. The maximum absolute atomic E-state index is 13.1. The SMILES string of the molecule is CC(C)(O)c1ccc2nc(N3[C@H]4CC[C@H]3CC(OCc3c(-c5ccccc5OC(F)(F)F)noc3C3CC3)C4)sc2c1. The van der Waals surface area contributed by atoms with Crippen molar-refractivity contribution in [3.8, 4) is 17.0 Å². The number of benzene rings is 2. The molecule has 2 atom stereocenters. The van der Waals surface area contributed by atoms with Gasteiger partial charge in [0.05, 0.1) is 28.5 Å². The van der Waals surface area contributed by atoms with Gasteiger partial charge in [0.2, 0.25) is 0 Å². The molecule has 222 valence electrons. The van der Waals surface area contributed by atoms with Gasteiger partial charge in [-0.3, -0.25) is 0 Å². The molecule has 3 aliphatic rings. The molecule has 0 radical (unpaired) electrons. The zero-order chi connectivity index (χ0) is 29.2. The minimum Gasteiger partial charge on any atom is -0.405 e. The number of aromatic nitrogens is 2. The summed E-state index contributed by atoms with van der Waals surface area (Å²) in [5.41, 5.74) is 2.18. The second-order valence-electron chi connectivity index (χ2n) is 12.1. The zero-order valence-corrected chi connectivity index (χ0v) is 24.2. The fraction of sp³-hybridized carbons (Fsp3) is 0.484. The number of nitrogens with zero attached hydrogens (tertiary/aromatic N) is 3. The summed E-state index contributed by atoms with van der Waals surface area (Å²) < 4.78 is 56.9. The van der Waals surface area contributed by atoms with Crippen molar-refractivity contribution < 1.29 is 32.3 Å². The molecular formula is C31H32F3N3O4S. The van der Waals surface area contributed by atoms with Crippen LogP contribution in [0.5, 0.6) is 5.75 Å². The lowest BCUT2D eigenvalue weighted by Gasteiger charge is -2.38. The summed E-state index contributed by atoms with van der Waals surface area (Å²) in [5, 5.41) is 15.6. The number of rotatable bonds is 8. The first-order valence-electron chi connectivity index (χ1n) is 14.4. The molecule has 11 heteroatoms. The molecule has 7 rings (SSSR count). The summed E-state index contributed by atoms with van der Waals surface area (Å²) in [6.07, 6.45) is 0.917. The highest BCUT2D eigenvalue weighted by Gasteiger charge is 2.43. The number of fused-ring (bicyclic) bond motifs is 3. The quantitative estimate of drug-likeness (QED) is 0.223. The Morgan fingerprint density at radius 1 is 1.05 bits per heavy atom. The summed E-state index contributed by atoms with van der Waals surface area (Å²) in [6.45, 7) is 3.79. The Kier molecular flexibility index (Phi) is 6.75. The van der Waals surface area contributed by atoms with Crippen LogP contribution < -0.4 is 9.64 Å². The highest BCUT2D eigenvalue weighted by molar-refractivity contribution is 7.22. The fourth-order valence-corrected chi connectivity index (χ4v) is 7.54. The maximum Gasteiger partial charge on any atom is 0.573 e. The first kappa shape index (κ1) is 27.7. The third-order valence-electron chi connectivity index (χ3n) is 8.59. The van der Waals surface area contributed by atoms with Gasteiger partial charge in [0.25, 0.3) is 0 Å². The van der Waals surface area contributed by atoms with Crippen molar-refractivity contribution in [2.45, 2.75) is 95.0 Å². The van der Waals surface area contributed by atoms with Crippen molar-refractivity contribution in [1.29, 1.82) is 0 Å². The molecule has 2 aromatic heterocycles. The van der Waals surface area contributed by atoms with Crippen molar-refractivity contribution in [1.82, 2.24) is 10.1 Å². The molecule has 7 nitrogen and oxygen atoms in total. The van der Waals surface area contributed by atoms with Gasteiger partial charge in [-0.2, -0.15) is 0 Å². The number of piperidine rings is 1. The zero-order valence-electron chi connectivity index (χ0n) is 23.4. The van der Waals surface area contributed by atoms with Gasteiger partial charge in [0, 0.05) is 29.1 Å². The van der Waals surface area contributed by atoms with Crippen LogP contribution in [0.1, 0.15) is 75.2 Å².